The van der Waals surface area contributed by atoms with Gasteiger partial charge in [0.05, 0.1) is 41.0 Å². The molecule has 1 fully saturated rings. The Morgan fingerprint density at radius 3 is 2.12 bits per heavy atom. The van der Waals surface area contributed by atoms with Crippen molar-refractivity contribution in [2.24, 2.45) is 10.1 Å². The number of hydrazone groups is 1. The molecule has 314 valence electrons. The van der Waals surface area contributed by atoms with Crippen molar-refractivity contribution in [1.29, 1.82) is 0 Å². The Balaban J connectivity index is 1.65. The van der Waals surface area contributed by atoms with Crippen LogP contribution in [0.3, 0.4) is 0 Å². The molecule has 1 aromatic heterocycles. The lowest BCUT2D eigenvalue weighted by molar-refractivity contribution is -0.432. The highest BCUT2D eigenvalue weighted by molar-refractivity contribution is 7.94. The molecule has 0 spiro atoms. The van der Waals surface area contributed by atoms with Crippen molar-refractivity contribution in [3.05, 3.63) is 77.2 Å². The van der Waals surface area contributed by atoms with Crippen molar-refractivity contribution in [2.75, 3.05) is 25.6 Å². The van der Waals surface area contributed by atoms with Crippen LogP contribution < -0.4 is 10.3 Å². The summed E-state index contributed by atoms with van der Waals surface area (Å²) in [5.74, 6) is -3.49. The van der Waals surface area contributed by atoms with Gasteiger partial charge < -0.3 is 20.1 Å². The van der Waals surface area contributed by atoms with E-state index >= 15 is 0 Å². The lowest BCUT2D eigenvalue weighted by atomic mass is 10.1. The molecule has 59 heavy (non-hydrogen) atoms. The number of hydrogen-bond donors (Lipinski definition) is 6. The number of carbonyl (C=O) groups is 3. The summed E-state index contributed by atoms with van der Waals surface area (Å²) in [6.07, 6.45) is 6.30. The SMILES string of the molecule is CN=COC1=NN(c2cc(SOOO)ccc2S(=O)(=O)O)C(=O)/C1=C\C=C(C=Cc1c(C(=O)NC)nn(-c2cc(SOOO)ccc2S(=O)(=O)O)c1O)N1CCCC1=O. The molecule has 6 N–H and O–H groups in total. The smallest absolute Gasteiger partial charge is 0.296 e. The molecular formula is C31H29N7O17S4. The largest absolute Gasteiger partial charge is 0.493 e. The molecule has 0 saturated carbocycles. The summed E-state index contributed by atoms with van der Waals surface area (Å²) in [5.41, 5.74) is -2.01. The molecular weight excluding hydrogens is 871 g/mol. The van der Waals surface area contributed by atoms with Gasteiger partial charge in [-0.15, -0.1) is 13.8 Å². The summed E-state index contributed by atoms with van der Waals surface area (Å²) in [4.78, 5) is 43.6. The number of nitrogens with one attached hydrogen (secondary N) is 1. The van der Waals surface area contributed by atoms with Gasteiger partial charge in [-0.3, -0.25) is 28.5 Å². The Morgan fingerprint density at radius 1 is 0.966 bits per heavy atom. The normalized spacial score (nSPS) is 16.0. The van der Waals surface area contributed by atoms with Crippen LogP contribution in [-0.4, -0.2) is 107 Å². The zero-order chi connectivity index (χ0) is 43.1. The minimum absolute atomic E-state index is 0.0566. The first-order chi connectivity index (χ1) is 28.0. The number of amides is 3. The molecule has 2 aliphatic heterocycles. The van der Waals surface area contributed by atoms with Crippen molar-refractivity contribution in [2.45, 2.75) is 32.4 Å². The second kappa shape index (κ2) is 19.0. The molecule has 2 aliphatic rings. The highest BCUT2D eigenvalue weighted by Gasteiger charge is 2.36. The second-order valence-corrected chi connectivity index (χ2v) is 15.7. The van der Waals surface area contributed by atoms with Crippen molar-refractivity contribution in [1.82, 2.24) is 20.0 Å². The Bertz CT molecular complexity index is 2540. The maximum atomic E-state index is 13.9. The number of carbonyl (C=O) groups excluding carboxylic acids is 3. The van der Waals surface area contributed by atoms with E-state index in [9.17, 15) is 45.4 Å². The quantitative estimate of drug-likeness (QED) is 0.0176. The highest BCUT2D eigenvalue weighted by atomic mass is 32.2. The molecule has 0 aliphatic carbocycles. The third-order valence-electron chi connectivity index (χ3n) is 7.87. The highest BCUT2D eigenvalue weighted by Crippen LogP contribution is 2.36. The summed E-state index contributed by atoms with van der Waals surface area (Å²) in [6.45, 7) is 0.176. The summed E-state index contributed by atoms with van der Waals surface area (Å²) < 4.78 is 83.9. The Labute approximate surface area is 341 Å². The van der Waals surface area contributed by atoms with Crippen LogP contribution >= 0.6 is 24.1 Å². The first-order valence-corrected chi connectivity index (χ1v) is 20.4. The number of aromatic nitrogens is 2. The van der Waals surface area contributed by atoms with E-state index in [1.54, 1.807) is 0 Å². The number of hydrogen-bond acceptors (Lipinski definition) is 20. The Kier molecular flexibility index (Phi) is 14.4. The number of aromatic hydroxyl groups is 1. The molecule has 0 atom stereocenters. The van der Waals surface area contributed by atoms with Crippen molar-refractivity contribution >= 4 is 86.1 Å². The molecule has 3 amide bonds. The van der Waals surface area contributed by atoms with E-state index in [0.29, 0.717) is 40.2 Å². The van der Waals surface area contributed by atoms with Crippen LogP contribution in [0.2, 0.25) is 0 Å². The van der Waals surface area contributed by atoms with Gasteiger partial charge >= 0.3 is 0 Å². The van der Waals surface area contributed by atoms with E-state index in [2.05, 4.69) is 39.3 Å². The lowest BCUT2D eigenvalue weighted by Crippen LogP contribution is -2.24. The number of nitrogens with zero attached hydrogens (tertiary/aromatic N) is 6. The number of likely N-dealkylation sites (tertiary alicyclic amines) is 1. The average Bonchev–Trinajstić information content (AvgIpc) is 3.87. The lowest BCUT2D eigenvalue weighted by Gasteiger charge is -2.17. The fraction of sp³-hybridized carbons (Fsp3) is 0.161. The predicted molar refractivity (Wildman–Crippen MR) is 203 cm³/mol. The maximum absolute atomic E-state index is 13.9. The molecule has 0 radical (unpaired) electrons. The van der Waals surface area contributed by atoms with E-state index in [0.717, 1.165) is 55.0 Å². The van der Waals surface area contributed by atoms with E-state index in [4.69, 9.17) is 15.3 Å². The molecule has 1 saturated heterocycles. The van der Waals surface area contributed by atoms with Crippen LogP contribution in [0, 0.1) is 0 Å². The van der Waals surface area contributed by atoms with Gasteiger partial charge in [0.2, 0.25) is 11.8 Å². The van der Waals surface area contributed by atoms with Crippen LogP contribution in [0.4, 0.5) is 5.69 Å². The van der Waals surface area contributed by atoms with Gasteiger partial charge in [0.1, 0.15) is 15.4 Å². The van der Waals surface area contributed by atoms with Crippen LogP contribution in [0.1, 0.15) is 28.9 Å². The molecule has 2 aromatic carbocycles. The van der Waals surface area contributed by atoms with Gasteiger partial charge in [-0.25, -0.2) is 10.5 Å². The first-order valence-electron chi connectivity index (χ1n) is 16.0. The second-order valence-electron chi connectivity index (χ2n) is 11.4. The molecule has 3 heterocycles. The molecule has 0 bridgehead atoms. The Morgan fingerprint density at radius 2 is 1.58 bits per heavy atom. The summed E-state index contributed by atoms with van der Waals surface area (Å²) in [6, 6.07) is 6.32. The van der Waals surface area contributed by atoms with Gasteiger partial charge in [-0.05, 0) is 67.1 Å². The number of aliphatic imine (C=N–C) groups is 1. The van der Waals surface area contributed by atoms with Crippen molar-refractivity contribution in [3.63, 3.8) is 0 Å². The van der Waals surface area contributed by atoms with Gasteiger partial charge in [0.25, 0.3) is 37.9 Å². The maximum Gasteiger partial charge on any atom is 0.296 e. The van der Waals surface area contributed by atoms with Crippen LogP contribution in [0.25, 0.3) is 11.8 Å². The van der Waals surface area contributed by atoms with Crippen molar-refractivity contribution < 1.29 is 79.4 Å². The first kappa shape index (κ1) is 44.6. The molecule has 0 unspecified atom stereocenters. The standard InChI is InChI=1S/C31H29N7O17S4/c1-32-16-51-29-21(31(42)38(35-29)23-15-19(57-55-53-44)8-12-25(23)59(48,49)50)10-6-17(36-13-3-4-26(36)39)5-9-20-27(28(40)33-2)34-37(30(20)41)22-14-18(56-54-52-43)7-11-24(22)58(45,46)47/h5-12,14-16,41,43-44H,3-4,13H2,1-2H3,(H,33,40)(H,45,46,47)(H,48,49,50)/b9-5?,17-6?,21-10-,32-16?. The van der Waals surface area contributed by atoms with Gasteiger partial charge in [-0.2, -0.15) is 31.6 Å². The topological polar surface area (TPSA) is 328 Å². The minimum Gasteiger partial charge on any atom is -0.493 e. The van der Waals surface area contributed by atoms with Crippen LogP contribution in [0.5, 0.6) is 5.88 Å². The third kappa shape index (κ3) is 10.2. The monoisotopic (exact) mass is 899 g/mol. The predicted octanol–water partition coefficient (Wildman–Crippen LogP) is 2.77. The van der Waals surface area contributed by atoms with Gasteiger partial charge in [-0.1, -0.05) is 10.1 Å². The summed E-state index contributed by atoms with van der Waals surface area (Å²) in [7, 11) is -7.37. The number of allylic oxidation sites excluding steroid dienone is 3. The zero-order valence-corrected chi connectivity index (χ0v) is 33.2. The van der Waals surface area contributed by atoms with Gasteiger partial charge in [0, 0.05) is 42.5 Å². The molecule has 5 rings (SSSR count). The van der Waals surface area contributed by atoms with E-state index in [1.165, 1.54) is 31.1 Å². The van der Waals surface area contributed by atoms with Gasteiger partial charge in [0.15, 0.2) is 12.1 Å². The van der Waals surface area contributed by atoms with E-state index in [1.807, 2.05) is 0 Å². The molecule has 28 heteroatoms. The Hall–Kier alpha value is -5.50. The van der Waals surface area contributed by atoms with Crippen molar-refractivity contribution in [3.8, 4) is 11.6 Å². The summed E-state index contributed by atoms with van der Waals surface area (Å²) >= 11 is 0.815. The number of rotatable bonds is 16. The zero-order valence-electron chi connectivity index (χ0n) is 29.9. The van der Waals surface area contributed by atoms with Crippen LogP contribution in [-0.2, 0) is 53.3 Å². The fourth-order valence-electron chi connectivity index (χ4n) is 5.39. The molecule has 24 nitrogen and oxygen atoms in total. The minimum atomic E-state index is -4.98. The van der Waals surface area contributed by atoms with E-state index < -0.39 is 70.7 Å². The number of ether oxygens (including phenoxy) is 1. The fourth-order valence-corrected chi connectivity index (χ4v) is 7.47. The van der Waals surface area contributed by atoms with Crippen LogP contribution in [0.15, 0.2) is 95.6 Å². The number of benzene rings is 2. The third-order valence-corrected chi connectivity index (χ3v) is 10.8. The summed E-state index contributed by atoms with van der Waals surface area (Å²) in [5, 5.41) is 46.7. The number of anilines is 1. The molecule has 3 aromatic rings. The average molecular weight is 900 g/mol. The van der Waals surface area contributed by atoms with E-state index in [-0.39, 0.29) is 45.5 Å².